The fraction of sp³-hybridized carbons (Fsp3) is 0.750. The highest BCUT2D eigenvalue weighted by Crippen LogP contribution is 2.02. The molecule has 0 aromatic carbocycles. The monoisotopic (exact) mass is 392 g/mol. The van der Waals surface area contributed by atoms with Gasteiger partial charge in [-0.05, 0) is 64.2 Å². The Morgan fingerprint density at radius 2 is 0.964 bits per heavy atom. The van der Waals surface area contributed by atoms with E-state index in [4.69, 9.17) is 0 Å². The Labute approximate surface area is 173 Å². The van der Waals surface area contributed by atoms with Gasteiger partial charge in [0.05, 0.1) is 0 Å². The lowest BCUT2D eigenvalue weighted by Gasteiger charge is -2.06. The maximum atomic E-state index is 11.8. The molecule has 0 radical (unpaired) electrons. The van der Waals surface area contributed by atoms with Crippen LogP contribution in [-0.2, 0) is 9.59 Å². The number of carbonyl (C=O) groups is 2. The van der Waals surface area contributed by atoms with Crippen LogP contribution in [0.2, 0.25) is 0 Å². The van der Waals surface area contributed by atoms with Crippen LogP contribution in [0.1, 0.15) is 104 Å². The van der Waals surface area contributed by atoms with Crippen molar-refractivity contribution in [2.24, 2.45) is 0 Å². The predicted octanol–water partition coefficient (Wildman–Crippen LogP) is 5.83. The molecule has 0 aliphatic heterocycles. The van der Waals surface area contributed by atoms with Crippen molar-refractivity contribution in [3.63, 3.8) is 0 Å². The first-order valence-corrected chi connectivity index (χ1v) is 11.5. The Kier molecular flexibility index (Phi) is 20.5. The molecule has 0 heterocycles. The number of carbonyl (C=O) groups excluding carboxylic acids is 2. The maximum absolute atomic E-state index is 11.8. The summed E-state index contributed by atoms with van der Waals surface area (Å²) in [5, 5.41) is 5.94. The molecule has 162 valence electrons. The molecule has 0 aromatic rings. The topological polar surface area (TPSA) is 58.2 Å². The highest BCUT2D eigenvalue weighted by atomic mass is 16.2. The number of hydrogen-bond donors (Lipinski definition) is 2. The summed E-state index contributed by atoms with van der Waals surface area (Å²) in [4.78, 5) is 23.5. The van der Waals surface area contributed by atoms with Crippen LogP contribution in [0.15, 0.2) is 24.3 Å². The summed E-state index contributed by atoms with van der Waals surface area (Å²) in [5.74, 6) is 0.219. The van der Waals surface area contributed by atoms with Crippen LogP contribution >= 0.6 is 0 Å². The first kappa shape index (κ1) is 26.4. The quantitative estimate of drug-likeness (QED) is 0.214. The first-order valence-electron chi connectivity index (χ1n) is 11.5. The average Bonchev–Trinajstić information content (AvgIpc) is 2.69. The third-order valence-electron chi connectivity index (χ3n) is 4.54. The van der Waals surface area contributed by atoms with Gasteiger partial charge in [0.25, 0.3) is 0 Å². The van der Waals surface area contributed by atoms with Gasteiger partial charge in [0.15, 0.2) is 0 Å². The van der Waals surface area contributed by atoms with Crippen molar-refractivity contribution in [1.29, 1.82) is 0 Å². The summed E-state index contributed by atoms with van der Waals surface area (Å²) in [7, 11) is 0. The summed E-state index contributed by atoms with van der Waals surface area (Å²) < 4.78 is 0. The van der Waals surface area contributed by atoms with E-state index in [1.54, 1.807) is 0 Å². The van der Waals surface area contributed by atoms with Gasteiger partial charge >= 0.3 is 0 Å². The van der Waals surface area contributed by atoms with Crippen molar-refractivity contribution >= 4 is 11.8 Å². The highest BCUT2D eigenvalue weighted by molar-refractivity contribution is 5.77. The number of unbranched alkanes of at least 4 members (excludes halogenated alkanes) is 7. The molecule has 0 aliphatic carbocycles. The smallest absolute Gasteiger partial charge is 0.219 e. The van der Waals surface area contributed by atoms with E-state index in [-0.39, 0.29) is 11.8 Å². The van der Waals surface area contributed by atoms with E-state index in [0.29, 0.717) is 12.8 Å². The molecule has 0 atom stereocenters. The Hall–Kier alpha value is -1.58. The maximum Gasteiger partial charge on any atom is 0.219 e. The molecular weight excluding hydrogens is 348 g/mol. The number of amides is 2. The Balaban J connectivity index is 3.39. The molecule has 2 N–H and O–H groups in total. The Bertz CT molecular complexity index is 390. The predicted molar refractivity (Wildman–Crippen MR) is 120 cm³/mol. The minimum Gasteiger partial charge on any atom is -0.356 e. The van der Waals surface area contributed by atoms with E-state index in [2.05, 4.69) is 48.8 Å². The normalized spacial score (nSPS) is 11.4. The molecule has 0 spiro atoms. The van der Waals surface area contributed by atoms with E-state index >= 15 is 0 Å². The molecule has 4 heteroatoms. The van der Waals surface area contributed by atoms with Gasteiger partial charge in [0, 0.05) is 25.9 Å². The average molecular weight is 393 g/mol. The highest BCUT2D eigenvalue weighted by Gasteiger charge is 2.03. The number of allylic oxidation sites excluding steroid dienone is 4. The molecule has 28 heavy (non-hydrogen) atoms. The lowest BCUT2D eigenvalue weighted by Crippen LogP contribution is -2.25. The summed E-state index contributed by atoms with van der Waals surface area (Å²) in [6.07, 6.45) is 22.8. The van der Waals surface area contributed by atoms with E-state index in [1.165, 1.54) is 12.8 Å². The second kappa shape index (κ2) is 21.7. The molecular formula is C24H44N2O2. The van der Waals surface area contributed by atoms with Gasteiger partial charge in [-0.15, -0.1) is 0 Å². The van der Waals surface area contributed by atoms with Crippen LogP contribution in [0.5, 0.6) is 0 Å². The number of hydrogen-bond acceptors (Lipinski definition) is 2. The van der Waals surface area contributed by atoms with Gasteiger partial charge in [-0.1, -0.05) is 51.0 Å². The molecule has 0 fully saturated rings. The lowest BCUT2D eigenvalue weighted by molar-refractivity contribution is -0.123. The first-order chi connectivity index (χ1) is 13.7. The minimum atomic E-state index is 0.109. The molecule has 0 aromatic heterocycles. The molecule has 0 unspecified atom stereocenters. The Morgan fingerprint density at radius 1 is 0.571 bits per heavy atom. The minimum absolute atomic E-state index is 0.109. The summed E-state index contributed by atoms with van der Waals surface area (Å²) in [5.41, 5.74) is 0. The summed E-state index contributed by atoms with van der Waals surface area (Å²) >= 11 is 0. The van der Waals surface area contributed by atoms with Crippen LogP contribution < -0.4 is 10.6 Å². The van der Waals surface area contributed by atoms with Gasteiger partial charge < -0.3 is 10.6 Å². The zero-order valence-electron chi connectivity index (χ0n) is 18.4. The van der Waals surface area contributed by atoms with Crippen LogP contribution in [0.3, 0.4) is 0 Å². The number of rotatable bonds is 19. The largest absolute Gasteiger partial charge is 0.356 e. The van der Waals surface area contributed by atoms with Gasteiger partial charge in [-0.2, -0.15) is 0 Å². The van der Waals surface area contributed by atoms with Crippen molar-refractivity contribution in [3.05, 3.63) is 24.3 Å². The number of nitrogens with one attached hydrogen (secondary N) is 2. The van der Waals surface area contributed by atoms with E-state index in [1.807, 2.05) is 0 Å². The third-order valence-corrected chi connectivity index (χ3v) is 4.54. The molecule has 0 aliphatic rings. The van der Waals surface area contributed by atoms with Crippen molar-refractivity contribution in [3.8, 4) is 0 Å². The molecule has 4 nitrogen and oxygen atoms in total. The lowest BCUT2D eigenvalue weighted by atomic mass is 10.1. The second-order valence-corrected chi connectivity index (χ2v) is 7.42. The van der Waals surface area contributed by atoms with E-state index in [0.717, 1.165) is 77.3 Å². The molecule has 0 saturated heterocycles. The van der Waals surface area contributed by atoms with Crippen molar-refractivity contribution in [2.75, 3.05) is 13.1 Å². The fourth-order valence-electron chi connectivity index (χ4n) is 2.78. The van der Waals surface area contributed by atoms with Gasteiger partial charge in [0.2, 0.25) is 11.8 Å². The summed E-state index contributed by atoms with van der Waals surface area (Å²) in [6.45, 7) is 5.88. The SMILES string of the molecule is CCC/C=C/CCCCNC(=O)CCCCC(=O)NCCCC/C=C/CCC. The molecule has 0 saturated carbocycles. The second-order valence-electron chi connectivity index (χ2n) is 7.42. The zero-order chi connectivity index (χ0) is 20.7. The molecule has 0 bridgehead atoms. The van der Waals surface area contributed by atoms with Gasteiger partial charge in [-0.25, -0.2) is 0 Å². The molecule has 0 rings (SSSR count). The van der Waals surface area contributed by atoms with Crippen LogP contribution in [-0.4, -0.2) is 24.9 Å². The Morgan fingerprint density at radius 3 is 1.36 bits per heavy atom. The zero-order valence-corrected chi connectivity index (χ0v) is 18.4. The standard InChI is InChI=1S/C24H44N2O2/c1-3-5-7-9-11-13-17-21-25-23(27)19-15-16-20-24(28)26-22-18-14-12-10-8-6-4-2/h7-10H,3-6,11-22H2,1-2H3,(H,25,27)(H,26,28)/b9-7+,10-8+. The van der Waals surface area contributed by atoms with Crippen molar-refractivity contribution in [2.45, 2.75) is 104 Å². The third kappa shape index (κ3) is 20.7. The van der Waals surface area contributed by atoms with Crippen LogP contribution in [0.4, 0.5) is 0 Å². The fourth-order valence-corrected chi connectivity index (χ4v) is 2.78. The van der Waals surface area contributed by atoms with Crippen molar-refractivity contribution < 1.29 is 9.59 Å². The van der Waals surface area contributed by atoms with Gasteiger partial charge in [0.1, 0.15) is 0 Å². The van der Waals surface area contributed by atoms with Crippen molar-refractivity contribution in [1.82, 2.24) is 10.6 Å². The molecule has 2 amide bonds. The van der Waals surface area contributed by atoms with Gasteiger partial charge in [-0.3, -0.25) is 9.59 Å². The van der Waals surface area contributed by atoms with E-state index < -0.39 is 0 Å². The summed E-state index contributed by atoms with van der Waals surface area (Å²) in [6, 6.07) is 0. The van der Waals surface area contributed by atoms with Crippen LogP contribution in [0, 0.1) is 0 Å². The van der Waals surface area contributed by atoms with E-state index in [9.17, 15) is 9.59 Å². The van der Waals surface area contributed by atoms with Crippen LogP contribution in [0.25, 0.3) is 0 Å².